The van der Waals surface area contributed by atoms with Crippen molar-refractivity contribution in [2.75, 3.05) is 10.6 Å². The lowest BCUT2D eigenvalue weighted by Crippen LogP contribution is -2.27. The Morgan fingerprint density at radius 2 is 2.16 bits per heavy atom. The van der Waals surface area contributed by atoms with Crippen molar-refractivity contribution in [2.45, 2.75) is 39.8 Å². The smallest absolute Gasteiger partial charge is 0.412 e. The number of carbonyl (C=O) groups excluding carboxylic acids is 1. The Bertz CT molecular complexity index is 891. The first-order chi connectivity index (χ1) is 11.8. The van der Waals surface area contributed by atoms with Crippen molar-refractivity contribution in [1.29, 1.82) is 0 Å². The Labute approximate surface area is 144 Å². The van der Waals surface area contributed by atoms with Gasteiger partial charge in [-0.05, 0) is 45.9 Å². The van der Waals surface area contributed by atoms with E-state index in [-0.39, 0.29) is 0 Å². The number of aryl methyl sites for hydroxylation is 1. The van der Waals surface area contributed by atoms with Crippen LogP contribution in [0.25, 0.3) is 10.9 Å². The number of benzene rings is 1. The number of carbonyl (C=O) groups is 1. The summed E-state index contributed by atoms with van der Waals surface area (Å²) >= 11 is 0. The number of hydrogen-bond donors (Lipinski definition) is 3. The summed E-state index contributed by atoms with van der Waals surface area (Å²) in [4.78, 5) is 12.0. The Hall–Kier alpha value is -3.03. The number of H-pyrrole nitrogens is 1. The quantitative estimate of drug-likeness (QED) is 0.665. The fourth-order valence-corrected chi connectivity index (χ4v) is 2.34. The van der Waals surface area contributed by atoms with Gasteiger partial charge in [0, 0.05) is 11.1 Å². The summed E-state index contributed by atoms with van der Waals surface area (Å²) in [7, 11) is 0. The van der Waals surface area contributed by atoms with E-state index in [1.807, 2.05) is 39.0 Å². The molecule has 0 saturated carbocycles. The van der Waals surface area contributed by atoms with Gasteiger partial charge >= 0.3 is 6.09 Å². The van der Waals surface area contributed by atoms with Gasteiger partial charge in [-0.1, -0.05) is 5.16 Å². The maximum Gasteiger partial charge on any atom is 0.412 e. The number of ether oxygens (including phenoxy) is 1. The van der Waals surface area contributed by atoms with E-state index < -0.39 is 11.7 Å². The minimum absolute atomic E-state index is 0.370. The number of hydrogen-bond acceptors (Lipinski definition) is 6. The largest absolute Gasteiger partial charge is 0.444 e. The van der Waals surface area contributed by atoms with Crippen molar-refractivity contribution >= 4 is 28.4 Å². The molecule has 3 rings (SSSR count). The highest BCUT2D eigenvalue weighted by atomic mass is 16.6. The van der Waals surface area contributed by atoms with Gasteiger partial charge in [0.05, 0.1) is 18.3 Å². The number of nitrogens with one attached hydrogen (secondary N) is 3. The standard InChI is InChI=1S/C17H21N5O3/c1-10-15(20-16(23)24-17(2,3)4)14(25-22-10)9-18-12-5-6-13-11(7-12)8-19-21-13/h5-8,18H,9H2,1-4H3,(H,19,21)(H,20,23). The van der Waals surface area contributed by atoms with Crippen LogP contribution >= 0.6 is 0 Å². The number of fused-ring (bicyclic) bond motifs is 1. The Balaban J connectivity index is 1.69. The Morgan fingerprint density at radius 1 is 1.36 bits per heavy atom. The lowest BCUT2D eigenvalue weighted by atomic mass is 10.2. The normalized spacial score (nSPS) is 11.5. The van der Waals surface area contributed by atoms with Crippen LogP contribution < -0.4 is 10.6 Å². The lowest BCUT2D eigenvalue weighted by Gasteiger charge is -2.19. The zero-order chi connectivity index (χ0) is 18.0. The highest BCUT2D eigenvalue weighted by molar-refractivity contribution is 5.86. The van der Waals surface area contributed by atoms with Crippen LogP contribution in [0.15, 0.2) is 28.9 Å². The molecule has 0 bridgehead atoms. The van der Waals surface area contributed by atoms with Crippen molar-refractivity contribution in [3.05, 3.63) is 35.9 Å². The van der Waals surface area contributed by atoms with Gasteiger partial charge in [-0.15, -0.1) is 0 Å². The van der Waals surface area contributed by atoms with Gasteiger partial charge in [0.15, 0.2) is 5.76 Å². The molecule has 8 nitrogen and oxygen atoms in total. The summed E-state index contributed by atoms with van der Waals surface area (Å²) in [6.07, 6.45) is 1.22. The van der Waals surface area contributed by atoms with Gasteiger partial charge in [0.25, 0.3) is 0 Å². The second kappa shape index (κ2) is 6.46. The third-order valence-corrected chi connectivity index (χ3v) is 3.45. The molecule has 0 aliphatic heterocycles. The van der Waals surface area contributed by atoms with Crippen molar-refractivity contribution < 1.29 is 14.1 Å². The molecule has 0 unspecified atom stereocenters. The monoisotopic (exact) mass is 343 g/mol. The molecule has 8 heteroatoms. The number of anilines is 2. The summed E-state index contributed by atoms with van der Waals surface area (Å²) in [5, 5.41) is 17.8. The van der Waals surface area contributed by atoms with Crippen LogP contribution in [0.1, 0.15) is 32.2 Å². The van der Waals surface area contributed by atoms with E-state index >= 15 is 0 Å². The number of aromatic amines is 1. The molecule has 3 N–H and O–H groups in total. The predicted molar refractivity (Wildman–Crippen MR) is 94.5 cm³/mol. The second-order valence-corrected chi connectivity index (χ2v) is 6.72. The molecular weight excluding hydrogens is 322 g/mol. The van der Waals surface area contributed by atoms with Gasteiger partial charge in [-0.2, -0.15) is 5.10 Å². The Kier molecular flexibility index (Phi) is 4.35. The van der Waals surface area contributed by atoms with Crippen LogP contribution in [-0.2, 0) is 11.3 Å². The Morgan fingerprint density at radius 3 is 2.92 bits per heavy atom. The number of aromatic nitrogens is 3. The predicted octanol–water partition coefficient (Wildman–Crippen LogP) is 3.82. The molecule has 0 aliphatic carbocycles. The molecule has 0 saturated heterocycles. The molecule has 2 aromatic heterocycles. The van der Waals surface area contributed by atoms with Gasteiger partial charge in [0.2, 0.25) is 0 Å². The van der Waals surface area contributed by atoms with Gasteiger partial charge < -0.3 is 14.6 Å². The molecule has 1 aromatic carbocycles. The summed E-state index contributed by atoms with van der Waals surface area (Å²) in [6, 6.07) is 5.85. The second-order valence-electron chi connectivity index (χ2n) is 6.72. The van der Waals surface area contributed by atoms with E-state index in [0.717, 1.165) is 16.6 Å². The summed E-state index contributed by atoms with van der Waals surface area (Å²) < 4.78 is 10.6. The van der Waals surface area contributed by atoms with Gasteiger partial charge in [0.1, 0.15) is 17.0 Å². The zero-order valence-corrected chi connectivity index (χ0v) is 14.6. The van der Waals surface area contributed by atoms with Crippen LogP contribution in [0.4, 0.5) is 16.2 Å². The summed E-state index contributed by atoms with van der Waals surface area (Å²) in [5.74, 6) is 0.524. The molecule has 0 spiro atoms. The topological polar surface area (TPSA) is 105 Å². The van der Waals surface area contributed by atoms with E-state index in [2.05, 4.69) is 26.0 Å². The van der Waals surface area contributed by atoms with Crippen LogP contribution in [0.3, 0.4) is 0 Å². The maximum atomic E-state index is 12.0. The molecular formula is C17H21N5O3. The molecule has 2 heterocycles. The SMILES string of the molecule is Cc1noc(CNc2ccc3[nH]ncc3c2)c1NC(=O)OC(C)(C)C. The highest BCUT2D eigenvalue weighted by Crippen LogP contribution is 2.23. The van der Waals surface area contributed by atoms with E-state index in [1.165, 1.54) is 0 Å². The third kappa shape index (κ3) is 4.09. The van der Waals surface area contributed by atoms with Crippen molar-refractivity contribution in [3.8, 4) is 0 Å². The minimum atomic E-state index is -0.576. The van der Waals surface area contributed by atoms with Crippen LogP contribution in [-0.4, -0.2) is 27.0 Å². The van der Waals surface area contributed by atoms with E-state index in [0.29, 0.717) is 23.7 Å². The van der Waals surface area contributed by atoms with Crippen molar-refractivity contribution in [2.24, 2.45) is 0 Å². The van der Waals surface area contributed by atoms with Crippen LogP contribution in [0.5, 0.6) is 0 Å². The number of rotatable bonds is 4. The van der Waals surface area contributed by atoms with Crippen LogP contribution in [0.2, 0.25) is 0 Å². The zero-order valence-electron chi connectivity index (χ0n) is 14.6. The first-order valence-electron chi connectivity index (χ1n) is 7.94. The average molecular weight is 343 g/mol. The first-order valence-corrected chi connectivity index (χ1v) is 7.94. The molecule has 0 atom stereocenters. The van der Waals surface area contributed by atoms with Crippen LogP contribution in [0, 0.1) is 6.92 Å². The minimum Gasteiger partial charge on any atom is -0.444 e. The first kappa shape index (κ1) is 16.8. The third-order valence-electron chi connectivity index (χ3n) is 3.45. The number of amides is 1. The maximum absolute atomic E-state index is 12.0. The summed E-state index contributed by atoms with van der Waals surface area (Å²) in [5.41, 5.74) is 2.41. The van der Waals surface area contributed by atoms with Gasteiger partial charge in [-0.25, -0.2) is 4.79 Å². The summed E-state index contributed by atoms with van der Waals surface area (Å²) in [6.45, 7) is 7.55. The average Bonchev–Trinajstić information content (AvgIpc) is 3.11. The van der Waals surface area contributed by atoms with E-state index in [9.17, 15) is 4.79 Å². The van der Waals surface area contributed by atoms with Crippen molar-refractivity contribution in [1.82, 2.24) is 15.4 Å². The van der Waals surface area contributed by atoms with Crippen molar-refractivity contribution in [3.63, 3.8) is 0 Å². The molecule has 25 heavy (non-hydrogen) atoms. The fraction of sp³-hybridized carbons (Fsp3) is 0.353. The highest BCUT2D eigenvalue weighted by Gasteiger charge is 2.20. The molecule has 0 fully saturated rings. The number of nitrogens with zero attached hydrogens (tertiary/aromatic N) is 2. The van der Waals surface area contributed by atoms with Gasteiger partial charge in [-0.3, -0.25) is 10.4 Å². The van der Waals surface area contributed by atoms with E-state index in [4.69, 9.17) is 9.26 Å². The van der Waals surface area contributed by atoms with E-state index in [1.54, 1.807) is 13.1 Å². The lowest BCUT2D eigenvalue weighted by molar-refractivity contribution is 0.0635. The molecule has 0 radical (unpaired) electrons. The molecule has 132 valence electrons. The molecule has 0 aliphatic rings. The fourth-order valence-electron chi connectivity index (χ4n) is 2.34. The molecule has 3 aromatic rings. The molecule has 1 amide bonds.